The van der Waals surface area contributed by atoms with E-state index in [1.165, 1.54) is 0 Å². The van der Waals surface area contributed by atoms with E-state index in [4.69, 9.17) is 5.73 Å². The first-order valence-electron chi connectivity index (χ1n) is 6.29. The Hall–Kier alpha value is -1.81. The van der Waals surface area contributed by atoms with Gasteiger partial charge in [0.05, 0.1) is 0 Å². The van der Waals surface area contributed by atoms with Gasteiger partial charge in [0.25, 0.3) is 0 Å². The highest BCUT2D eigenvalue weighted by molar-refractivity contribution is 5.94. The predicted octanol–water partition coefficient (Wildman–Crippen LogP) is 2.48. The lowest BCUT2D eigenvalue weighted by Gasteiger charge is -2.11. The van der Waals surface area contributed by atoms with Gasteiger partial charge in [0, 0.05) is 28.7 Å². The number of carbonyl (C=O) groups is 1. The molecule has 0 saturated carbocycles. The summed E-state index contributed by atoms with van der Waals surface area (Å²) >= 11 is 0. The molecule has 0 spiro atoms. The number of nitrogens with two attached hydrogens (primary N) is 1. The molecule has 1 heterocycles. The van der Waals surface area contributed by atoms with Crippen molar-refractivity contribution in [1.29, 1.82) is 0 Å². The van der Waals surface area contributed by atoms with Gasteiger partial charge in [0.2, 0.25) is 5.91 Å². The molecule has 4 heteroatoms. The molecule has 1 unspecified atom stereocenters. The van der Waals surface area contributed by atoms with E-state index in [0.717, 1.165) is 29.4 Å². The van der Waals surface area contributed by atoms with E-state index in [0.29, 0.717) is 6.54 Å². The van der Waals surface area contributed by atoms with Gasteiger partial charge < -0.3 is 16.0 Å². The summed E-state index contributed by atoms with van der Waals surface area (Å²) in [7, 11) is 0. The summed E-state index contributed by atoms with van der Waals surface area (Å²) in [5.41, 5.74) is 7.36. The lowest BCUT2D eigenvalue weighted by atomic mass is 10.0. The molecule has 1 atom stereocenters. The zero-order valence-corrected chi connectivity index (χ0v) is 10.6. The number of benzene rings is 1. The molecule has 0 aliphatic rings. The first-order valence-corrected chi connectivity index (χ1v) is 6.29. The van der Waals surface area contributed by atoms with Gasteiger partial charge >= 0.3 is 0 Å². The number of hydrogen-bond acceptors (Lipinski definition) is 2. The molecule has 0 aliphatic heterocycles. The van der Waals surface area contributed by atoms with Crippen molar-refractivity contribution in [3.63, 3.8) is 0 Å². The van der Waals surface area contributed by atoms with Crippen LogP contribution in [0.1, 0.15) is 19.8 Å². The Labute approximate surface area is 107 Å². The quantitative estimate of drug-likeness (QED) is 0.757. The number of aromatic amines is 1. The number of aromatic nitrogens is 1. The summed E-state index contributed by atoms with van der Waals surface area (Å²) in [6.07, 6.45) is 3.60. The van der Waals surface area contributed by atoms with Crippen LogP contribution in [0, 0.1) is 5.92 Å². The Morgan fingerprint density at radius 1 is 1.44 bits per heavy atom. The lowest BCUT2D eigenvalue weighted by molar-refractivity contribution is -0.119. The van der Waals surface area contributed by atoms with Crippen LogP contribution in [-0.2, 0) is 4.79 Å². The van der Waals surface area contributed by atoms with Crippen LogP contribution in [0.4, 0.5) is 5.69 Å². The molecule has 1 amide bonds. The van der Waals surface area contributed by atoms with E-state index >= 15 is 0 Å². The highest BCUT2D eigenvalue weighted by Gasteiger charge is 2.12. The lowest BCUT2D eigenvalue weighted by Crippen LogP contribution is -2.21. The summed E-state index contributed by atoms with van der Waals surface area (Å²) in [4.78, 5) is 15.1. The van der Waals surface area contributed by atoms with E-state index in [9.17, 15) is 4.79 Å². The maximum atomic E-state index is 11.9. The zero-order valence-electron chi connectivity index (χ0n) is 10.6. The number of rotatable bonds is 5. The fourth-order valence-corrected chi connectivity index (χ4v) is 1.95. The van der Waals surface area contributed by atoms with Crippen molar-refractivity contribution >= 4 is 22.5 Å². The summed E-state index contributed by atoms with van der Waals surface area (Å²) in [6.45, 7) is 2.56. The average Bonchev–Trinajstić information content (AvgIpc) is 2.83. The Bertz CT molecular complexity index is 533. The molecular weight excluding hydrogens is 226 g/mol. The molecule has 2 rings (SSSR count). The molecule has 4 nitrogen and oxygen atoms in total. The van der Waals surface area contributed by atoms with E-state index in [-0.39, 0.29) is 11.8 Å². The van der Waals surface area contributed by atoms with Crippen molar-refractivity contribution in [3.8, 4) is 0 Å². The molecule has 0 radical (unpaired) electrons. The van der Waals surface area contributed by atoms with Crippen molar-refractivity contribution in [2.75, 3.05) is 11.9 Å². The minimum absolute atomic E-state index is 0.00419. The number of fused-ring (bicyclic) bond motifs is 1. The maximum Gasteiger partial charge on any atom is 0.227 e. The fourth-order valence-electron chi connectivity index (χ4n) is 1.95. The molecular formula is C14H19N3O. The second-order valence-corrected chi connectivity index (χ2v) is 4.60. The summed E-state index contributed by atoms with van der Waals surface area (Å²) in [5, 5.41) is 4.04. The summed E-state index contributed by atoms with van der Waals surface area (Å²) in [5.74, 6) is 0.0498. The van der Waals surface area contributed by atoms with Crippen LogP contribution in [0.5, 0.6) is 0 Å². The van der Waals surface area contributed by atoms with Gasteiger partial charge in [-0.3, -0.25) is 4.79 Å². The third kappa shape index (κ3) is 2.90. The van der Waals surface area contributed by atoms with Crippen LogP contribution in [0.25, 0.3) is 10.9 Å². The van der Waals surface area contributed by atoms with Crippen molar-refractivity contribution in [1.82, 2.24) is 4.98 Å². The molecule has 2 aromatic rings. The fraction of sp³-hybridized carbons (Fsp3) is 0.357. The second-order valence-electron chi connectivity index (χ2n) is 4.60. The minimum atomic E-state index is -0.00419. The van der Waals surface area contributed by atoms with Crippen LogP contribution in [0.15, 0.2) is 30.5 Å². The van der Waals surface area contributed by atoms with Crippen LogP contribution in [0.2, 0.25) is 0 Å². The molecule has 0 aliphatic carbocycles. The van der Waals surface area contributed by atoms with Gasteiger partial charge in [0.15, 0.2) is 0 Å². The monoisotopic (exact) mass is 245 g/mol. The van der Waals surface area contributed by atoms with Gasteiger partial charge in [-0.1, -0.05) is 6.92 Å². The van der Waals surface area contributed by atoms with Gasteiger partial charge in [-0.25, -0.2) is 0 Å². The minimum Gasteiger partial charge on any atom is -0.361 e. The number of carbonyl (C=O) groups excluding carboxylic acids is 1. The molecule has 1 aromatic carbocycles. The Morgan fingerprint density at radius 2 is 2.28 bits per heavy atom. The SMILES string of the molecule is CC(CCCN)C(=O)Nc1ccc2[nH]ccc2c1. The van der Waals surface area contributed by atoms with E-state index < -0.39 is 0 Å². The number of anilines is 1. The predicted molar refractivity (Wildman–Crippen MR) is 74.4 cm³/mol. The molecule has 96 valence electrons. The summed E-state index contributed by atoms with van der Waals surface area (Å²) in [6, 6.07) is 7.84. The van der Waals surface area contributed by atoms with Crippen LogP contribution >= 0.6 is 0 Å². The smallest absolute Gasteiger partial charge is 0.227 e. The highest BCUT2D eigenvalue weighted by atomic mass is 16.1. The van der Waals surface area contributed by atoms with E-state index in [1.807, 2.05) is 37.4 Å². The second kappa shape index (κ2) is 5.69. The third-order valence-electron chi connectivity index (χ3n) is 3.11. The maximum absolute atomic E-state index is 11.9. The number of amides is 1. The first-order chi connectivity index (χ1) is 8.70. The topological polar surface area (TPSA) is 70.9 Å². The molecule has 4 N–H and O–H groups in total. The number of hydrogen-bond donors (Lipinski definition) is 3. The highest BCUT2D eigenvalue weighted by Crippen LogP contribution is 2.18. The molecule has 0 saturated heterocycles. The molecule has 0 bridgehead atoms. The Balaban J connectivity index is 2.01. The Morgan fingerprint density at radius 3 is 3.06 bits per heavy atom. The van der Waals surface area contributed by atoms with Crippen LogP contribution in [-0.4, -0.2) is 17.4 Å². The van der Waals surface area contributed by atoms with Crippen molar-refractivity contribution in [2.24, 2.45) is 11.7 Å². The average molecular weight is 245 g/mol. The Kier molecular flexibility index (Phi) is 3.99. The number of H-pyrrole nitrogens is 1. The normalized spacial score (nSPS) is 12.6. The van der Waals surface area contributed by atoms with Crippen LogP contribution in [0.3, 0.4) is 0 Å². The van der Waals surface area contributed by atoms with Gasteiger partial charge in [-0.15, -0.1) is 0 Å². The molecule has 0 fully saturated rings. The third-order valence-corrected chi connectivity index (χ3v) is 3.11. The van der Waals surface area contributed by atoms with Crippen molar-refractivity contribution in [2.45, 2.75) is 19.8 Å². The largest absolute Gasteiger partial charge is 0.361 e. The van der Waals surface area contributed by atoms with Gasteiger partial charge in [-0.2, -0.15) is 0 Å². The number of nitrogens with one attached hydrogen (secondary N) is 2. The molecule has 1 aromatic heterocycles. The van der Waals surface area contributed by atoms with Gasteiger partial charge in [0.1, 0.15) is 0 Å². The van der Waals surface area contributed by atoms with Crippen LogP contribution < -0.4 is 11.1 Å². The van der Waals surface area contributed by atoms with Crippen molar-refractivity contribution < 1.29 is 4.79 Å². The molecule has 18 heavy (non-hydrogen) atoms. The van der Waals surface area contributed by atoms with E-state index in [2.05, 4.69) is 10.3 Å². The van der Waals surface area contributed by atoms with Gasteiger partial charge in [-0.05, 0) is 43.7 Å². The van der Waals surface area contributed by atoms with Crippen molar-refractivity contribution in [3.05, 3.63) is 30.5 Å². The van der Waals surface area contributed by atoms with E-state index in [1.54, 1.807) is 0 Å². The zero-order chi connectivity index (χ0) is 13.0. The summed E-state index contributed by atoms with van der Waals surface area (Å²) < 4.78 is 0. The first kappa shape index (κ1) is 12.6. The standard InChI is InChI=1S/C14H19N3O/c1-10(3-2-7-15)14(18)17-12-4-5-13-11(9-12)6-8-16-13/h4-6,8-10,16H,2-3,7,15H2,1H3,(H,17,18).